The molecule has 3 rings (SSSR count). The lowest BCUT2D eigenvalue weighted by atomic mass is 9.96. The molecule has 0 fully saturated rings. The molecular weight excluding hydrogens is 260 g/mol. The van der Waals surface area contributed by atoms with Crippen molar-refractivity contribution in [3.63, 3.8) is 0 Å². The number of hydrogen-bond acceptors (Lipinski definition) is 2. The summed E-state index contributed by atoms with van der Waals surface area (Å²) < 4.78 is 0. The zero-order chi connectivity index (χ0) is 14.8. The van der Waals surface area contributed by atoms with Crippen LogP contribution in [0.5, 0.6) is 0 Å². The Morgan fingerprint density at radius 2 is 1.76 bits per heavy atom. The molecule has 2 aromatic carbocycles. The van der Waals surface area contributed by atoms with E-state index < -0.39 is 0 Å². The van der Waals surface area contributed by atoms with Crippen LogP contribution in [-0.4, -0.2) is 9.97 Å². The Hall–Kier alpha value is -2.42. The van der Waals surface area contributed by atoms with Gasteiger partial charge in [0, 0.05) is 0 Å². The molecule has 0 aliphatic rings. The monoisotopic (exact) mass is 278 g/mol. The topological polar surface area (TPSA) is 45.8 Å². The Balaban J connectivity index is 1.98. The van der Waals surface area contributed by atoms with Gasteiger partial charge in [0.05, 0.1) is 17.2 Å². The number of aromatic amines is 1. The van der Waals surface area contributed by atoms with E-state index in [1.165, 1.54) is 17.5 Å². The van der Waals surface area contributed by atoms with Crippen LogP contribution in [0, 0.1) is 13.8 Å². The number of benzene rings is 2. The number of aromatic nitrogens is 2. The van der Waals surface area contributed by atoms with E-state index in [0.29, 0.717) is 0 Å². The standard InChI is InChI=1S/C18H18N2O/c1-12-3-6-14(7-4-12)8-9-15-13(2)5-10-16-17(15)18(21)20-11-19-16/h3-7,10-11H,8-9H2,1-2H3,(H,19,20,21). The second kappa shape index (κ2) is 5.52. The molecule has 0 saturated heterocycles. The first-order chi connectivity index (χ1) is 10.1. The molecule has 1 aromatic heterocycles. The van der Waals surface area contributed by atoms with Gasteiger partial charge in [0.2, 0.25) is 0 Å². The van der Waals surface area contributed by atoms with Gasteiger partial charge in [0.15, 0.2) is 0 Å². The van der Waals surface area contributed by atoms with E-state index in [0.717, 1.165) is 34.9 Å². The summed E-state index contributed by atoms with van der Waals surface area (Å²) >= 11 is 0. The van der Waals surface area contributed by atoms with Crippen molar-refractivity contribution in [2.45, 2.75) is 26.7 Å². The summed E-state index contributed by atoms with van der Waals surface area (Å²) in [5.41, 5.74) is 5.51. The van der Waals surface area contributed by atoms with Crippen LogP contribution in [0.1, 0.15) is 22.3 Å². The van der Waals surface area contributed by atoms with Crippen molar-refractivity contribution in [1.29, 1.82) is 0 Å². The van der Waals surface area contributed by atoms with Gasteiger partial charge in [-0.25, -0.2) is 4.98 Å². The summed E-state index contributed by atoms with van der Waals surface area (Å²) in [6.07, 6.45) is 3.24. The molecule has 0 amide bonds. The van der Waals surface area contributed by atoms with Crippen molar-refractivity contribution >= 4 is 10.9 Å². The van der Waals surface area contributed by atoms with Gasteiger partial charge in [-0.1, -0.05) is 35.9 Å². The quantitative estimate of drug-likeness (QED) is 0.798. The van der Waals surface area contributed by atoms with Crippen molar-refractivity contribution in [2.75, 3.05) is 0 Å². The number of nitrogens with zero attached hydrogens (tertiary/aromatic N) is 1. The third kappa shape index (κ3) is 2.72. The van der Waals surface area contributed by atoms with Gasteiger partial charge in [-0.2, -0.15) is 0 Å². The first kappa shape index (κ1) is 13.6. The largest absolute Gasteiger partial charge is 0.313 e. The number of H-pyrrole nitrogens is 1. The van der Waals surface area contributed by atoms with Crippen LogP contribution in [-0.2, 0) is 12.8 Å². The lowest BCUT2D eigenvalue weighted by Gasteiger charge is -2.09. The molecular formula is C18H18N2O. The fraction of sp³-hybridized carbons (Fsp3) is 0.222. The highest BCUT2D eigenvalue weighted by Crippen LogP contribution is 2.19. The van der Waals surface area contributed by atoms with E-state index in [9.17, 15) is 4.79 Å². The van der Waals surface area contributed by atoms with E-state index in [2.05, 4.69) is 48.1 Å². The summed E-state index contributed by atoms with van der Waals surface area (Å²) in [6, 6.07) is 12.5. The summed E-state index contributed by atoms with van der Waals surface area (Å²) in [5.74, 6) is 0. The third-order valence-corrected chi connectivity index (χ3v) is 3.94. The molecule has 0 atom stereocenters. The minimum Gasteiger partial charge on any atom is -0.313 e. The zero-order valence-corrected chi connectivity index (χ0v) is 12.3. The normalized spacial score (nSPS) is 11.0. The minimum absolute atomic E-state index is 0.0531. The van der Waals surface area contributed by atoms with Crippen molar-refractivity contribution in [3.05, 3.63) is 75.3 Å². The van der Waals surface area contributed by atoms with Crippen LogP contribution in [0.25, 0.3) is 10.9 Å². The first-order valence-corrected chi connectivity index (χ1v) is 7.16. The molecule has 106 valence electrons. The second-order valence-corrected chi connectivity index (χ2v) is 5.47. The van der Waals surface area contributed by atoms with Gasteiger partial charge in [0.1, 0.15) is 0 Å². The highest BCUT2D eigenvalue weighted by molar-refractivity contribution is 5.82. The zero-order valence-electron chi connectivity index (χ0n) is 12.3. The molecule has 0 saturated carbocycles. The molecule has 0 spiro atoms. The number of aryl methyl sites for hydroxylation is 4. The molecule has 0 bridgehead atoms. The molecule has 3 heteroatoms. The van der Waals surface area contributed by atoms with E-state index in [-0.39, 0.29) is 5.56 Å². The maximum absolute atomic E-state index is 12.1. The Morgan fingerprint density at radius 1 is 1.00 bits per heavy atom. The molecule has 21 heavy (non-hydrogen) atoms. The summed E-state index contributed by atoms with van der Waals surface area (Å²) in [6.45, 7) is 4.14. The molecule has 3 aromatic rings. The Kier molecular flexibility index (Phi) is 3.57. The van der Waals surface area contributed by atoms with E-state index >= 15 is 0 Å². The SMILES string of the molecule is Cc1ccc(CCc2c(C)ccc3nc[nH]c(=O)c23)cc1. The van der Waals surface area contributed by atoms with Crippen molar-refractivity contribution in [1.82, 2.24) is 9.97 Å². The second-order valence-electron chi connectivity index (χ2n) is 5.47. The number of nitrogens with one attached hydrogen (secondary N) is 1. The molecule has 0 unspecified atom stereocenters. The summed E-state index contributed by atoms with van der Waals surface area (Å²) in [7, 11) is 0. The average molecular weight is 278 g/mol. The van der Waals surface area contributed by atoms with Gasteiger partial charge in [-0.3, -0.25) is 4.79 Å². The molecule has 1 heterocycles. The fourth-order valence-corrected chi connectivity index (χ4v) is 2.68. The van der Waals surface area contributed by atoms with Crippen molar-refractivity contribution < 1.29 is 0 Å². The van der Waals surface area contributed by atoms with Gasteiger partial charge in [0.25, 0.3) is 5.56 Å². The fourth-order valence-electron chi connectivity index (χ4n) is 2.68. The van der Waals surface area contributed by atoms with Gasteiger partial charge in [-0.05, 0) is 49.4 Å². The van der Waals surface area contributed by atoms with Gasteiger partial charge in [-0.15, -0.1) is 0 Å². The van der Waals surface area contributed by atoms with Crippen molar-refractivity contribution in [2.24, 2.45) is 0 Å². The molecule has 0 radical (unpaired) electrons. The predicted molar refractivity (Wildman–Crippen MR) is 85.7 cm³/mol. The lowest BCUT2D eigenvalue weighted by Crippen LogP contribution is -2.10. The van der Waals surface area contributed by atoms with Crippen LogP contribution in [0.15, 0.2) is 47.5 Å². The van der Waals surface area contributed by atoms with Crippen LogP contribution in [0.3, 0.4) is 0 Å². The smallest absolute Gasteiger partial charge is 0.258 e. The van der Waals surface area contributed by atoms with Crippen LogP contribution in [0.2, 0.25) is 0 Å². The van der Waals surface area contributed by atoms with Crippen LogP contribution >= 0.6 is 0 Å². The number of hydrogen-bond donors (Lipinski definition) is 1. The van der Waals surface area contributed by atoms with E-state index in [1.807, 2.05) is 12.1 Å². The van der Waals surface area contributed by atoms with Crippen LogP contribution in [0.4, 0.5) is 0 Å². The lowest BCUT2D eigenvalue weighted by molar-refractivity contribution is 0.953. The summed E-state index contributed by atoms with van der Waals surface area (Å²) in [4.78, 5) is 19.0. The Morgan fingerprint density at radius 3 is 2.52 bits per heavy atom. The Bertz CT molecular complexity index is 832. The third-order valence-electron chi connectivity index (χ3n) is 3.94. The first-order valence-electron chi connectivity index (χ1n) is 7.16. The molecule has 3 nitrogen and oxygen atoms in total. The highest BCUT2D eigenvalue weighted by atomic mass is 16.1. The van der Waals surface area contributed by atoms with Crippen molar-refractivity contribution in [3.8, 4) is 0 Å². The molecule has 1 N–H and O–H groups in total. The maximum Gasteiger partial charge on any atom is 0.258 e. The number of fused-ring (bicyclic) bond motifs is 1. The van der Waals surface area contributed by atoms with E-state index in [1.54, 1.807) is 0 Å². The highest BCUT2D eigenvalue weighted by Gasteiger charge is 2.09. The van der Waals surface area contributed by atoms with E-state index in [4.69, 9.17) is 0 Å². The number of rotatable bonds is 3. The van der Waals surface area contributed by atoms with Gasteiger partial charge < -0.3 is 4.98 Å². The predicted octanol–water partition coefficient (Wildman–Crippen LogP) is 3.33. The Labute approximate surface area is 123 Å². The summed E-state index contributed by atoms with van der Waals surface area (Å²) in [5, 5.41) is 0.726. The molecule has 0 aliphatic heterocycles. The van der Waals surface area contributed by atoms with Crippen LogP contribution < -0.4 is 5.56 Å². The average Bonchev–Trinajstić information content (AvgIpc) is 2.48. The van der Waals surface area contributed by atoms with Gasteiger partial charge >= 0.3 is 0 Å². The maximum atomic E-state index is 12.1. The minimum atomic E-state index is -0.0531. The molecule has 0 aliphatic carbocycles.